The number of fused-ring (bicyclic) bond motifs is 2. The number of ether oxygens (including phenoxy) is 6. The SMILES string of the molecule is CC(C)(C)OC(=O)NC(=N)c1csc(OCCO)n1.CC(C)(C)OC(=O)NC(=N)c1csc(OCCON)n1.CC(C)(C)OC(=O)NC(=N)c1csc(OCCON2C(=O)c3ccccc3C2=O)n1.NN.O=C1c2ccccc2C(=O)N1O. The molecule has 7 rings (SSSR count). The summed E-state index contributed by atoms with van der Waals surface area (Å²) >= 11 is 3.51. The highest BCUT2D eigenvalue weighted by molar-refractivity contribution is 7.12. The van der Waals surface area contributed by atoms with E-state index in [1.165, 1.54) is 34.8 Å². The third-order valence-electron chi connectivity index (χ3n) is 8.90. The van der Waals surface area contributed by atoms with Crippen LogP contribution in [0.25, 0.3) is 0 Å². The molecule has 0 radical (unpaired) electrons. The van der Waals surface area contributed by atoms with Gasteiger partial charge in [0.05, 0.1) is 28.9 Å². The number of hydrazine groups is 1. The molecule has 83 heavy (non-hydrogen) atoms. The molecule has 14 N–H and O–H groups in total. The number of hydrogen-bond acceptors (Lipinski definition) is 29. The summed E-state index contributed by atoms with van der Waals surface area (Å²) in [4.78, 5) is 103. The van der Waals surface area contributed by atoms with Crippen molar-refractivity contribution < 1.29 is 82.0 Å². The van der Waals surface area contributed by atoms with Crippen LogP contribution in [0.3, 0.4) is 0 Å². The van der Waals surface area contributed by atoms with Gasteiger partial charge in [-0.2, -0.15) is 15.0 Å². The van der Waals surface area contributed by atoms with Crippen LogP contribution in [0.2, 0.25) is 0 Å². The number of amides is 7. The summed E-state index contributed by atoms with van der Waals surface area (Å²) in [5.74, 6) is 9.97. The Morgan fingerprint density at radius 2 is 0.831 bits per heavy atom. The van der Waals surface area contributed by atoms with Gasteiger partial charge < -0.3 is 38.4 Å². The number of hydrogen-bond donors (Lipinski definition) is 11. The number of benzene rings is 2. The summed E-state index contributed by atoms with van der Waals surface area (Å²) in [6.45, 7) is 16.1. The van der Waals surface area contributed by atoms with E-state index in [1.54, 1.807) is 115 Å². The van der Waals surface area contributed by atoms with Gasteiger partial charge in [0.1, 0.15) is 66.9 Å². The summed E-state index contributed by atoms with van der Waals surface area (Å²) in [6, 6.07) is 12.8. The average Bonchev–Trinajstić information content (AvgIpc) is 4.40. The van der Waals surface area contributed by atoms with Crippen molar-refractivity contribution in [3.63, 3.8) is 0 Å². The smallest absolute Gasteiger partial charge is 0.413 e. The number of alkyl carbamates (subject to hydrolysis) is 3. The lowest BCUT2D eigenvalue weighted by Gasteiger charge is -2.19. The molecule has 0 saturated heterocycles. The topological polar surface area (TPSA) is 465 Å². The fourth-order valence-electron chi connectivity index (χ4n) is 5.75. The predicted molar refractivity (Wildman–Crippen MR) is 299 cm³/mol. The van der Waals surface area contributed by atoms with E-state index in [9.17, 15) is 33.6 Å². The number of nitrogens with two attached hydrogens (primary N) is 3. The number of hydroxylamine groups is 4. The second kappa shape index (κ2) is 32.3. The van der Waals surface area contributed by atoms with Crippen molar-refractivity contribution in [3.8, 4) is 15.6 Å². The maximum Gasteiger partial charge on any atom is 0.413 e. The zero-order valence-electron chi connectivity index (χ0n) is 46.3. The van der Waals surface area contributed by atoms with E-state index in [1.807, 2.05) is 0 Å². The van der Waals surface area contributed by atoms with Gasteiger partial charge in [-0.3, -0.25) is 73.1 Å². The number of nitrogens with zero attached hydrogens (tertiary/aromatic N) is 5. The summed E-state index contributed by atoms with van der Waals surface area (Å²) in [5.41, 5.74) is -0.0382. The summed E-state index contributed by atoms with van der Waals surface area (Å²) in [6.07, 6.45) is -2.16. The van der Waals surface area contributed by atoms with E-state index < -0.39 is 58.7 Å². The number of imide groups is 2. The van der Waals surface area contributed by atoms with Gasteiger partial charge in [-0.1, -0.05) is 58.3 Å². The maximum absolute atomic E-state index is 12.2. The highest BCUT2D eigenvalue weighted by atomic mass is 32.1. The van der Waals surface area contributed by atoms with E-state index in [-0.39, 0.29) is 89.9 Å². The van der Waals surface area contributed by atoms with Crippen LogP contribution in [0.4, 0.5) is 14.4 Å². The normalized spacial score (nSPS) is 12.2. The van der Waals surface area contributed by atoms with Crippen LogP contribution in [-0.2, 0) is 23.9 Å². The van der Waals surface area contributed by atoms with Crippen LogP contribution in [0.1, 0.15) is 121 Å². The third kappa shape index (κ3) is 23.1. The van der Waals surface area contributed by atoms with Gasteiger partial charge in [-0.25, -0.2) is 20.3 Å². The van der Waals surface area contributed by atoms with E-state index in [0.717, 1.165) is 11.3 Å². The fraction of sp³-hybridized carbons (Fsp3) is 0.367. The Hall–Kier alpha value is -8.45. The highest BCUT2D eigenvalue weighted by Gasteiger charge is 2.37. The van der Waals surface area contributed by atoms with E-state index in [0.29, 0.717) is 32.3 Å². The Kier molecular flexibility index (Phi) is 26.7. The number of carbonyl (C=O) groups excluding carboxylic acids is 7. The first-order chi connectivity index (χ1) is 39.0. The van der Waals surface area contributed by atoms with Gasteiger partial charge in [0.2, 0.25) is 0 Å². The Balaban J connectivity index is 0.000000300. The van der Waals surface area contributed by atoms with Crippen LogP contribution >= 0.6 is 34.0 Å². The van der Waals surface area contributed by atoms with Crippen molar-refractivity contribution in [2.45, 2.75) is 79.1 Å². The van der Waals surface area contributed by atoms with Gasteiger partial charge >= 0.3 is 18.3 Å². The largest absolute Gasteiger partial charge is 0.468 e. The van der Waals surface area contributed by atoms with Crippen molar-refractivity contribution in [1.29, 1.82) is 16.2 Å². The molecule has 2 aromatic carbocycles. The minimum Gasteiger partial charge on any atom is -0.468 e. The molecule has 2 aliphatic heterocycles. The van der Waals surface area contributed by atoms with Crippen LogP contribution in [0.5, 0.6) is 15.6 Å². The number of amidine groups is 3. The lowest BCUT2D eigenvalue weighted by atomic mass is 10.1. The second-order valence-electron chi connectivity index (χ2n) is 18.9. The molecule has 0 aliphatic carbocycles. The molecule has 0 saturated carbocycles. The number of aliphatic hydroxyl groups excluding tert-OH is 1. The molecule has 34 heteroatoms. The molecule has 7 amide bonds. The number of nitrogens with one attached hydrogen (secondary N) is 6. The molecule has 0 atom stereocenters. The lowest BCUT2D eigenvalue weighted by Crippen LogP contribution is -2.36. The monoisotopic (exact) mass is 1220 g/mol. The highest BCUT2D eigenvalue weighted by Crippen LogP contribution is 2.24. The minimum atomic E-state index is -0.752. The molecule has 0 spiro atoms. The Bertz CT molecular complexity index is 3010. The first kappa shape index (κ1) is 68.8. The van der Waals surface area contributed by atoms with Crippen LogP contribution in [0, 0.1) is 16.2 Å². The van der Waals surface area contributed by atoms with Gasteiger partial charge in [0, 0.05) is 16.1 Å². The van der Waals surface area contributed by atoms with Crippen molar-refractivity contribution in [3.05, 3.63) is 104 Å². The predicted octanol–water partition coefficient (Wildman–Crippen LogP) is 4.72. The molecule has 3 aromatic heterocycles. The molecule has 0 unspecified atom stereocenters. The zero-order chi connectivity index (χ0) is 62.2. The van der Waals surface area contributed by atoms with Gasteiger partial charge in [0.15, 0.2) is 17.5 Å². The second-order valence-corrected chi connectivity index (χ2v) is 21.4. The van der Waals surface area contributed by atoms with E-state index in [4.69, 9.17) is 65.7 Å². The van der Waals surface area contributed by atoms with Crippen LogP contribution in [0.15, 0.2) is 64.7 Å². The van der Waals surface area contributed by atoms with Crippen molar-refractivity contribution in [2.24, 2.45) is 17.6 Å². The number of carbonyl (C=O) groups is 7. The third-order valence-corrected chi connectivity index (χ3v) is 11.2. The Labute approximate surface area is 486 Å². The number of rotatable bonds is 15. The molecule has 450 valence electrons. The molecule has 31 nitrogen and oxygen atoms in total. The van der Waals surface area contributed by atoms with Gasteiger partial charge in [-0.05, 0) is 86.6 Å². The van der Waals surface area contributed by atoms with Crippen molar-refractivity contribution in [1.82, 2.24) is 41.0 Å². The van der Waals surface area contributed by atoms with E-state index >= 15 is 0 Å². The first-order valence-electron chi connectivity index (χ1n) is 24.1. The summed E-state index contributed by atoms with van der Waals surface area (Å²) < 4.78 is 30.9. The number of aliphatic hydroxyl groups is 1. The molecule has 5 aromatic rings. The maximum atomic E-state index is 12.2. The van der Waals surface area contributed by atoms with Gasteiger partial charge in [0.25, 0.3) is 39.2 Å². The van der Waals surface area contributed by atoms with Gasteiger partial charge in [-0.15, -0.1) is 10.1 Å². The zero-order valence-corrected chi connectivity index (χ0v) is 48.8. The minimum absolute atomic E-state index is 0.0210. The Morgan fingerprint density at radius 1 is 0.530 bits per heavy atom. The first-order valence-corrected chi connectivity index (χ1v) is 26.7. The molecule has 0 fully saturated rings. The molecular weight excluding hydrogens is 1150 g/mol. The molecule has 0 bridgehead atoms. The summed E-state index contributed by atoms with van der Waals surface area (Å²) in [5, 5.41) is 54.2. The summed E-state index contributed by atoms with van der Waals surface area (Å²) in [7, 11) is 0. The quantitative estimate of drug-likeness (QED) is 0.00987. The lowest BCUT2D eigenvalue weighted by molar-refractivity contribution is -0.0976. The molecule has 2 aliphatic rings. The van der Waals surface area contributed by atoms with Crippen LogP contribution in [-0.4, -0.2) is 151 Å². The molecule has 5 heterocycles. The van der Waals surface area contributed by atoms with Crippen molar-refractivity contribution in [2.75, 3.05) is 39.6 Å². The average molecular weight is 1220 g/mol. The van der Waals surface area contributed by atoms with Crippen molar-refractivity contribution >= 4 is 93.4 Å². The molecular formula is C49H64N14O17S3. The van der Waals surface area contributed by atoms with E-state index in [2.05, 4.69) is 47.4 Å². The number of thiazole rings is 3. The van der Waals surface area contributed by atoms with Crippen LogP contribution < -0.4 is 47.7 Å². The Morgan fingerprint density at radius 3 is 1.13 bits per heavy atom. The standard InChI is InChI=1S/C19H20N4O6S.C11H18N4O4S.C11H17N3O4S.C8H5NO3.H4N2/c1-19(2,3)29-17(26)22-14(20)13-10-30-18(21-13)27-8-9-28-23-15(24)11-6-4-5-7-12(11)16(23)25;1-11(2,3)19-9(16)15-8(12)7-6-20-10(14-7)17-4-5-18-13;1-11(2,3)18-9(16)14-8(12)7-6-19-10(13-7)17-5-4-15;10-7-5-3-1-2-4-6(5)8(11)9(7)12;1-2/h4-7,10H,8-9H2,1-3H3,(H2,20,22,26);6H,4-5,13H2,1-3H3,(H2,12,15,16);6,15H,4-5H2,1-3H3,(H2,12,14,16);1-4,12H;1-2H2. The fourth-order valence-corrected chi connectivity index (χ4v) is 7.81. The number of aromatic nitrogens is 3.